The van der Waals surface area contributed by atoms with Gasteiger partial charge in [0.15, 0.2) is 0 Å². The number of carbonyl (C=O) groups excluding carboxylic acids is 1. The molecule has 0 unspecified atom stereocenters. The molecule has 0 radical (unpaired) electrons. The van der Waals surface area contributed by atoms with E-state index in [4.69, 9.17) is 10.7 Å². The molecule has 6 nitrogen and oxygen atoms in total. The number of aromatic nitrogens is 1. The highest BCUT2D eigenvalue weighted by Gasteiger charge is 2.37. The number of hydrogen-bond donors (Lipinski definition) is 2. The van der Waals surface area contributed by atoms with Crippen LogP contribution in [0, 0.1) is 0 Å². The number of carbonyl (C=O) groups is 1. The van der Waals surface area contributed by atoms with Crippen LogP contribution in [0.2, 0.25) is 0 Å². The predicted octanol–water partition coefficient (Wildman–Crippen LogP) is 2.69. The SMILES string of the molecule is CNC(=O)c1sc2nc([C@@]3(C)CCCN(C4CCN(C)CC4)C3)ccc2c1N. The van der Waals surface area contributed by atoms with E-state index in [-0.39, 0.29) is 11.3 Å². The third-order valence-electron chi connectivity index (χ3n) is 6.58. The van der Waals surface area contributed by atoms with Crippen LogP contribution < -0.4 is 11.1 Å². The minimum Gasteiger partial charge on any atom is -0.397 e. The number of nitrogen functional groups attached to an aromatic ring is 1. The smallest absolute Gasteiger partial charge is 0.263 e. The van der Waals surface area contributed by atoms with Crippen molar-refractivity contribution in [3.8, 4) is 0 Å². The first kappa shape index (κ1) is 19.6. The van der Waals surface area contributed by atoms with Crippen molar-refractivity contribution in [3.63, 3.8) is 0 Å². The molecule has 1 amide bonds. The standard InChI is InChI=1S/C21H31N5OS/c1-21(9-4-10-26(13-21)14-7-11-25(3)12-8-14)16-6-5-15-17(22)18(19(27)23-2)28-20(15)24-16/h5-6,14H,4,7-13,22H2,1-3H3,(H,23,27)/t21-/m0/s1. The van der Waals surface area contributed by atoms with Gasteiger partial charge in [0.2, 0.25) is 0 Å². The number of nitrogens with two attached hydrogens (primary N) is 1. The van der Waals surface area contributed by atoms with Crippen molar-refractivity contribution in [2.75, 3.05) is 46.0 Å². The van der Waals surface area contributed by atoms with Crippen molar-refractivity contribution in [2.24, 2.45) is 0 Å². The Labute approximate surface area is 171 Å². The van der Waals surface area contributed by atoms with Crippen LogP contribution >= 0.6 is 11.3 Å². The molecule has 152 valence electrons. The molecule has 2 aliphatic rings. The quantitative estimate of drug-likeness (QED) is 0.827. The van der Waals surface area contributed by atoms with Crippen molar-refractivity contribution in [1.29, 1.82) is 0 Å². The fraction of sp³-hybridized carbons (Fsp3) is 0.619. The van der Waals surface area contributed by atoms with E-state index in [0.29, 0.717) is 16.6 Å². The third-order valence-corrected chi connectivity index (χ3v) is 7.69. The van der Waals surface area contributed by atoms with Gasteiger partial charge in [-0.15, -0.1) is 11.3 Å². The largest absolute Gasteiger partial charge is 0.397 e. The molecule has 1 atom stereocenters. The van der Waals surface area contributed by atoms with Crippen LogP contribution in [-0.4, -0.2) is 67.0 Å². The van der Waals surface area contributed by atoms with E-state index in [1.165, 1.54) is 50.2 Å². The Kier molecular flexibility index (Phi) is 5.33. The maximum absolute atomic E-state index is 12.1. The summed E-state index contributed by atoms with van der Waals surface area (Å²) in [7, 11) is 3.85. The minimum atomic E-state index is -0.139. The van der Waals surface area contributed by atoms with Gasteiger partial charge in [-0.3, -0.25) is 9.69 Å². The van der Waals surface area contributed by atoms with Crippen molar-refractivity contribution < 1.29 is 4.79 Å². The van der Waals surface area contributed by atoms with E-state index in [1.54, 1.807) is 7.05 Å². The number of thiophene rings is 1. The second-order valence-corrected chi connectivity index (χ2v) is 9.64. The maximum Gasteiger partial charge on any atom is 0.263 e. The number of piperidine rings is 2. The molecular formula is C21H31N5OS. The zero-order chi connectivity index (χ0) is 19.9. The maximum atomic E-state index is 12.1. The van der Waals surface area contributed by atoms with Crippen LogP contribution in [0.5, 0.6) is 0 Å². The number of fused-ring (bicyclic) bond motifs is 1. The van der Waals surface area contributed by atoms with Gasteiger partial charge >= 0.3 is 0 Å². The van der Waals surface area contributed by atoms with E-state index < -0.39 is 0 Å². The number of pyridine rings is 1. The average molecular weight is 402 g/mol. The molecule has 2 aromatic heterocycles. The number of nitrogens with one attached hydrogen (secondary N) is 1. The lowest BCUT2D eigenvalue weighted by atomic mass is 9.77. The summed E-state index contributed by atoms with van der Waals surface area (Å²) in [6, 6.07) is 4.86. The van der Waals surface area contributed by atoms with Gasteiger partial charge in [0, 0.05) is 36.1 Å². The van der Waals surface area contributed by atoms with Crippen molar-refractivity contribution in [3.05, 3.63) is 22.7 Å². The molecule has 0 aromatic carbocycles. The average Bonchev–Trinajstić information content (AvgIpc) is 3.04. The second-order valence-electron chi connectivity index (χ2n) is 8.64. The number of likely N-dealkylation sites (tertiary alicyclic amines) is 2. The minimum absolute atomic E-state index is 0.0434. The number of rotatable bonds is 3. The summed E-state index contributed by atoms with van der Waals surface area (Å²) in [6.07, 6.45) is 4.88. The van der Waals surface area contributed by atoms with Crippen LogP contribution in [0.4, 0.5) is 5.69 Å². The van der Waals surface area contributed by atoms with Crippen LogP contribution in [0.3, 0.4) is 0 Å². The van der Waals surface area contributed by atoms with Gasteiger partial charge in [-0.1, -0.05) is 6.92 Å². The highest BCUT2D eigenvalue weighted by molar-refractivity contribution is 7.21. The number of anilines is 1. The Morgan fingerprint density at radius 2 is 2.07 bits per heavy atom. The van der Waals surface area contributed by atoms with Gasteiger partial charge in [0.25, 0.3) is 5.91 Å². The summed E-state index contributed by atoms with van der Waals surface area (Å²) < 4.78 is 0. The van der Waals surface area contributed by atoms with Gasteiger partial charge in [0.1, 0.15) is 9.71 Å². The van der Waals surface area contributed by atoms with Crippen LogP contribution in [0.1, 0.15) is 48.0 Å². The molecule has 0 saturated carbocycles. The molecule has 2 fully saturated rings. The van der Waals surface area contributed by atoms with Crippen molar-refractivity contribution in [1.82, 2.24) is 20.1 Å². The van der Waals surface area contributed by atoms with Crippen LogP contribution in [0.25, 0.3) is 10.2 Å². The zero-order valence-electron chi connectivity index (χ0n) is 17.1. The Morgan fingerprint density at radius 3 is 2.79 bits per heavy atom. The molecule has 2 aromatic rings. The fourth-order valence-electron chi connectivity index (χ4n) is 4.78. The van der Waals surface area contributed by atoms with Gasteiger partial charge in [0.05, 0.1) is 5.69 Å². The Hall–Kier alpha value is -1.70. The summed E-state index contributed by atoms with van der Waals surface area (Å²) >= 11 is 1.40. The number of amides is 1. The number of hydrogen-bond acceptors (Lipinski definition) is 6. The van der Waals surface area contributed by atoms with E-state index in [0.717, 1.165) is 28.9 Å². The molecule has 28 heavy (non-hydrogen) atoms. The Bertz CT molecular complexity index is 873. The van der Waals surface area contributed by atoms with Crippen LogP contribution in [-0.2, 0) is 5.41 Å². The van der Waals surface area contributed by atoms with Gasteiger partial charge in [-0.25, -0.2) is 4.98 Å². The first-order valence-corrected chi connectivity index (χ1v) is 11.1. The normalized spacial score (nSPS) is 25.2. The molecule has 0 aliphatic carbocycles. The Balaban J connectivity index is 1.60. The molecule has 0 bridgehead atoms. The van der Waals surface area contributed by atoms with Crippen LogP contribution in [0.15, 0.2) is 12.1 Å². The second kappa shape index (κ2) is 7.61. The first-order valence-electron chi connectivity index (χ1n) is 10.3. The first-order chi connectivity index (χ1) is 13.4. The van der Waals surface area contributed by atoms with Gasteiger partial charge in [-0.05, 0) is 64.5 Å². The molecule has 2 aliphatic heterocycles. The van der Waals surface area contributed by atoms with E-state index in [9.17, 15) is 4.79 Å². The fourth-order valence-corrected chi connectivity index (χ4v) is 5.82. The summed E-state index contributed by atoms with van der Waals surface area (Å²) in [5.41, 5.74) is 7.92. The lowest BCUT2D eigenvalue weighted by molar-refractivity contribution is 0.0690. The van der Waals surface area contributed by atoms with E-state index in [1.807, 2.05) is 0 Å². The highest BCUT2D eigenvalue weighted by atomic mass is 32.1. The Morgan fingerprint density at radius 1 is 1.32 bits per heavy atom. The number of nitrogens with zero attached hydrogens (tertiary/aromatic N) is 3. The molecule has 3 N–H and O–H groups in total. The molecule has 4 rings (SSSR count). The molecular weight excluding hydrogens is 370 g/mol. The van der Waals surface area contributed by atoms with Crippen molar-refractivity contribution in [2.45, 2.75) is 44.1 Å². The molecule has 2 saturated heterocycles. The van der Waals surface area contributed by atoms with E-state index in [2.05, 4.69) is 41.2 Å². The molecule has 7 heteroatoms. The highest BCUT2D eigenvalue weighted by Crippen LogP contribution is 2.38. The lowest BCUT2D eigenvalue weighted by Gasteiger charge is -2.45. The summed E-state index contributed by atoms with van der Waals surface area (Å²) in [6.45, 7) is 6.98. The van der Waals surface area contributed by atoms with Gasteiger partial charge in [-0.2, -0.15) is 0 Å². The predicted molar refractivity (Wildman–Crippen MR) is 116 cm³/mol. The van der Waals surface area contributed by atoms with Crippen molar-refractivity contribution >= 4 is 33.1 Å². The molecule has 4 heterocycles. The monoisotopic (exact) mass is 401 g/mol. The van der Waals surface area contributed by atoms with Gasteiger partial charge < -0.3 is 16.0 Å². The lowest BCUT2D eigenvalue weighted by Crippen LogP contribution is -2.52. The summed E-state index contributed by atoms with van der Waals surface area (Å²) in [5, 5.41) is 3.56. The third kappa shape index (κ3) is 3.51. The zero-order valence-corrected chi connectivity index (χ0v) is 17.9. The topological polar surface area (TPSA) is 74.5 Å². The molecule has 0 spiro atoms. The summed E-state index contributed by atoms with van der Waals surface area (Å²) in [5.74, 6) is -0.139. The summed E-state index contributed by atoms with van der Waals surface area (Å²) in [4.78, 5) is 23.6. The van der Waals surface area contributed by atoms with E-state index >= 15 is 0 Å².